The van der Waals surface area contributed by atoms with Crippen LogP contribution in [0.1, 0.15) is 0 Å². The van der Waals surface area contributed by atoms with E-state index < -0.39 is 0 Å². The van der Waals surface area contributed by atoms with Crippen LogP contribution in [0, 0.1) is 0 Å². The van der Waals surface area contributed by atoms with Gasteiger partial charge in [-0.3, -0.25) is 0 Å². The van der Waals surface area contributed by atoms with Gasteiger partial charge in [0.25, 0.3) is 0 Å². The lowest BCUT2D eigenvalue weighted by Gasteiger charge is -1.97. The molecule has 2 rings (SSSR count). The summed E-state index contributed by atoms with van der Waals surface area (Å²) in [6.07, 6.45) is 0. The Labute approximate surface area is 94.4 Å². The fraction of sp³-hybridized carbons (Fsp3) is 0. The van der Waals surface area contributed by atoms with Gasteiger partial charge in [-0.05, 0) is 12.1 Å². The van der Waals surface area contributed by atoms with Crippen molar-refractivity contribution >= 4 is 33.5 Å². The molecular weight excluding hydrogens is 265 g/mol. The summed E-state index contributed by atoms with van der Waals surface area (Å²) in [5.74, 6) is 0.324. The van der Waals surface area contributed by atoms with Crippen LogP contribution in [0.25, 0.3) is 11.3 Å². The number of imidazole rings is 1. The smallest absolute Gasteiger partial charge is 0.199 e. The van der Waals surface area contributed by atoms with Crippen molar-refractivity contribution in [3.05, 3.63) is 33.9 Å². The van der Waals surface area contributed by atoms with Crippen molar-refractivity contribution in [1.29, 1.82) is 0 Å². The van der Waals surface area contributed by atoms with Crippen LogP contribution in [-0.2, 0) is 0 Å². The zero-order chi connectivity index (χ0) is 10.1. The fourth-order valence-corrected chi connectivity index (χ4v) is 1.84. The van der Waals surface area contributed by atoms with Gasteiger partial charge in [-0.2, -0.15) is 0 Å². The quantitative estimate of drug-likeness (QED) is 0.838. The van der Waals surface area contributed by atoms with Gasteiger partial charge in [0.15, 0.2) is 5.95 Å². The summed E-state index contributed by atoms with van der Waals surface area (Å²) in [5, 5.41) is 0.459. The Kier molecular flexibility index (Phi) is 2.48. The lowest BCUT2D eigenvalue weighted by molar-refractivity contribution is 1.32. The summed E-state index contributed by atoms with van der Waals surface area (Å²) in [7, 11) is 0. The molecule has 0 saturated heterocycles. The molecule has 1 aromatic heterocycles. The molecule has 3 N–H and O–H groups in total. The van der Waals surface area contributed by atoms with Gasteiger partial charge in [0, 0.05) is 10.0 Å². The lowest BCUT2D eigenvalue weighted by Crippen LogP contribution is -1.85. The molecule has 72 valence electrons. The number of nitrogens with one attached hydrogen (secondary N) is 1. The molecule has 1 heterocycles. The van der Waals surface area contributed by atoms with Gasteiger partial charge in [-0.25, -0.2) is 4.98 Å². The summed E-state index contributed by atoms with van der Waals surface area (Å²) < 4.78 is 0.979. The molecule has 0 aliphatic heterocycles. The summed E-state index contributed by atoms with van der Waals surface area (Å²) in [5.41, 5.74) is 7.09. The van der Waals surface area contributed by atoms with Gasteiger partial charge in [-0.15, -0.1) is 0 Å². The third-order valence-corrected chi connectivity index (χ3v) is 2.54. The monoisotopic (exact) mass is 271 g/mol. The average molecular weight is 273 g/mol. The second kappa shape index (κ2) is 3.63. The number of halogens is 2. The van der Waals surface area contributed by atoms with Gasteiger partial charge in [-0.1, -0.05) is 39.7 Å². The number of hydrogen-bond acceptors (Lipinski definition) is 2. The molecule has 0 aliphatic rings. The van der Waals surface area contributed by atoms with E-state index in [1.54, 1.807) is 0 Å². The Balaban J connectivity index is 2.54. The number of benzene rings is 1. The van der Waals surface area contributed by atoms with Crippen molar-refractivity contribution in [1.82, 2.24) is 9.97 Å². The molecule has 0 atom stereocenters. The maximum atomic E-state index is 5.92. The average Bonchev–Trinajstić information content (AvgIpc) is 2.45. The first-order valence-corrected chi connectivity index (χ1v) is 5.11. The van der Waals surface area contributed by atoms with Crippen LogP contribution in [0.4, 0.5) is 5.95 Å². The standard InChI is InChI=1S/C9H7BrClN3/c10-6-3-1-2-5(4-6)7-8(11)14-9(12)13-7/h1-4H,(H3,12,13,14). The largest absolute Gasteiger partial charge is 0.369 e. The van der Waals surface area contributed by atoms with E-state index in [4.69, 9.17) is 17.3 Å². The fourth-order valence-electron chi connectivity index (χ4n) is 1.20. The molecular formula is C9H7BrClN3. The molecule has 5 heteroatoms. The minimum Gasteiger partial charge on any atom is -0.369 e. The Bertz CT molecular complexity index is 467. The molecule has 0 radical (unpaired) electrons. The number of nitrogen functional groups attached to an aromatic ring is 1. The summed E-state index contributed by atoms with van der Waals surface area (Å²) >= 11 is 9.30. The first-order valence-electron chi connectivity index (χ1n) is 3.94. The molecule has 3 nitrogen and oxygen atoms in total. The molecule has 0 aliphatic carbocycles. The van der Waals surface area contributed by atoms with Crippen molar-refractivity contribution in [2.45, 2.75) is 0 Å². The topological polar surface area (TPSA) is 54.7 Å². The van der Waals surface area contributed by atoms with E-state index >= 15 is 0 Å². The molecule has 0 spiro atoms. The molecule has 0 bridgehead atoms. The van der Waals surface area contributed by atoms with Gasteiger partial charge >= 0.3 is 0 Å². The van der Waals surface area contributed by atoms with Crippen molar-refractivity contribution < 1.29 is 0 Å². The van der Waals surface area contributed by atoms with Crippen molar-refractivity contribution in [3.8, 4) is 11.3 Å². The third kappa shape index (κ3) is 1.76. The highest BCUT2D eigenvalue weighted by molar-refractivity contribution is 9.10. The van der Waals surface area contributed by atoms with Crippen molar-refractivity contribution in [2.24, 2.45) is 0 Å². The SMILES string of the molecule is Nc1nc(-c2cccc(Br)c2)c(Cl)[nH]1. The molecule has 0 amide bonds. The molecule has 1 aromatic carbocycles. The van der Waals surface area contributed by atoms with E-state index in [-0.39, 0.29) is 0 Å². The second-order valence-electron chi connectivity index (χ2n) is 2.79. The number of nitrogens with two attached hydrogens (primary N) is 1. The van der Waals surface area contributed by atoms with E-state index in [9.17, 15) is 0 Å². The minimum atomic E-state index is 0.324. The van der Waals surface area contributed by atoms with Crippen molar-refractivity contribution in [3.63, 3.8) is 0 Å². The normalized spacial score (nSPS) is 10.4. The summed E-state index contributed by atoms with van der Waals surface area (Å²) in [4.78, 5) is 6.83. The molecule has 0 fully saturated rings. The predicted octanol–water partition coefficient (Wildman–Crippen LogP) is 3.07. The Morgan fingerprint density at radius 1 is 1.43 bits per heavy atom. The van der Waals surface area contributed by atoms with Crippen LogP contribution >= 0.6 is 27.5 Å². The van der Waals surface area contributed by atoms with Gasteiger partial charge in [0.05, 0.1) is 0 Å². The van der Waals surface area contributed by atoms with E-state index in [0.717, 1.165) is 10.0 Å². The zero-order valence-electron chi connectivity index (χ0n) is 7.09. The zero-order valence-corrected chi connectivity index (χ0v) is 9.43. The summed E-state index contributed by atoms with van der Waals surface area (Å²) in [6.45, 7) is 0. The maximum absolute atomic E-state index is 5.92. The Hall–Kier alpha value is -1.00. The van der Waals surface area contributed by atoms with Crippen LogP contribution < -0.4 is 5.73 Å². The number of anilines is 1. The number of aromatic nitrogens is 2. The van der Waals surface area contributed by atoms with Gasteiger partial charge < -0.3 is 10.7 Å². The van der Waals surface area contributed by atoms with Gasteiger partial charge in [0.1, 0.15) is 10.8 Å². The number of rotatable bonds is 1. The number of hydrogen-bond donors (Lipinski definition) is 2. The second-order valence-corrected chi connectivity index (χ2v) is 4.09. The molecule has 0 saturated carbocycles. The Morgan fingerprint density at radius 2 is 2.21 bits per heavy atom. The van der Waals surface area contributed by atoms with Crippen molar-refractivity contribution in [2.75, 3.05) is 5.73 Å². The van der Waals surface area contributed by atoms with E-state index in [0.29, 0.717) is 16.8 Å². The minimum absolute atomic E-state index is 0.324. The Morgan fingerprint density at radius 3 is 2.79 bits per heavy atom. The van der Waals surface area contributed by atoms with Crippen LogP contribution in [0.15, 0.2) is 28.7 Å². The number of aromatic amines is 1. The van der Waals surface area contributed by atoms with Crippen LogP contribution in [-0.4, -0.2) is 9.97 Å². The molecule has 14 heavy (non-hydrogen) atoms. The van der Waals surface area contributed by atoms with Crippen LogP contribution in [0.5, 0.6) is 0 Å². The van der Waals surface area contributed by atoms with E-state index in [1.807, 2.05) is 24.3 Å². The lowest BCUT2D eigenvalue weighted by atomic mass is 10.2. The molecule has 0 unspecified atom stereocenters. The molecule has 2 aromatic rings. The van der Waals surface area contributed by atoms with Crippen LogP contribution in [0.3, 0.4) is 0 Å². The third-order valence-electron chi connectivity index (χ3n) is 1.78. The highest BCUT2D eigenvalue weighted by Gasteiger charge is 2.08. The van der Waals surface area contributed by atoms with E-state index in [2.05, 4.69) is 25.9 Å². The first-order chi connectivity index (χ1) is 6.66. The van der Waals surface area contributed by atoms with Crippen LogP contribution in [0.2, 0.25) is 5.15 Å². The van der Waals surface area contributed by atoms with E-state index in [1.165, 1.54) is 0 Å². The summed E-state index contributed by atoms with van der Waals surface area (Å²) in [6, 6.07) is 7.71. The number of nitrogens with zero attached hydrogens (tertiary/aromatic N) is 1. The first kappa shape index (κ1) is 9.55. The predicted molar refractivity (Wildman–Crippen MR) is 61.1 cm³/mol. The highest BCUT2D eigenvalue weighted by Crippen LogP contribution is 2.27. The van der Waals surface area contributed by atoms with Gasteiger partial charge in [0.2, 0.25) is 0 Å². The number of H-pyrrole nitrogens is 1. The highest BCUT2D eigenvalue weighted by atomic mass is 79.9. The maximum Gasteiger partial charge on any atom is 0.199 e.